The number of aryl methyl sites for hydroxylation is 1. The van der Waals surface area contributed by atoms with Gasteiger partial charge in [-0.2, -0.15) is 0 Å². The maximum absolute atomic E-state index is 13.5. The van der Waals surface area contributed by atoms with Gasteiger partial charge in [-0.05, 0) is 30.7 Å². The molecule has 2 rings (SSSR count). The van der Waals surface area contributed by atoms with Crippen LogP contribution in [0.1, 0.15) is 5.56 Å². The molecule has 0 bridgehead atoms. The smallest absolute Gasteiger partial charge is 0.265 e. The summed E-state index contributed by atoms with van der Waals surface area (Å²) in [6, 6.07) is 5.49. The van der Waals surface area contributed by atoms with Crippen molar-refractivity contribution in [2.24, 2.45) is 0 Å². The number of anilines is 1. The number of hydrogen-bond donors (Lipinski definition) is 1. The Balaban J connectivity index is 2.43. The normalized spacial score (nSPS) is 11.3. The quantitative estimate of drug-likeness (QED) is 0.948. The van der Waals surface area contributed by atoms with E-state index in [1.54, 1.807) is 13.0 Å². The van der Waals surface area contributed by atoms with E-state index in [1.165, 1.54) is 24.4 Å². The fraction of sp³-hybridized carbons (Fsp3) is 0.0833. The number of nitrogens with zero attached hydrogens (tertiary/aromatic N) is 1. The van der Waals surface area contributed by atoms with Gasteiger partial charge in [0.25, 0.3) is 10.0 Å². The lowest BCUT2D eigenvalue weighted by molar-refractivity contribution is 0.598. The number of rotatable bonds is 3. The molecule has 100 valence electrons. The van der Waals surface area contributed by atoms with E-state index < -0.39 is 15.8 Å². The van der Waals surface area contributed by atoms with Crippen LogP contribution in [0.4, 0.5) is 10.1 Å². The Hall–Kier alpha value is -1.66. The second kappa shape index (κ2) is 5.14. The van der Waals surface area contributed by atoms with E-state index in [0.29, 0.717) is 0 Å². The number of aromatic nitrogens is 1. The molecule has 1 aromatic carbocycles. The van der Waals surface area contributed by atoms with Gasteiger partial charge < -0.3 is 0 Å². The first kappa shape index (κ1) is 13.8. The van der Waals surface area contributed by atoms with Gasteiger partial charge in [-0.3, -0.25) is 9.71 Å². The van der Waals surface area contributed by atoms with Crippen LogP contribution in [0.25, 0.3) is 0 Å². The maximum atomic E-state index is 13.5. The summed E-state index contributed by atoms with van der Waals surface area (Å²) in [5.41, 5.74) is 0.608. The number of pyridine rings is 1. The molecule has 0 saturated heterocycles. The molecule has 1 heterocycles. The molecule has 0 fully saturated rings. The third kappa shape index (κ3) is 3.02. The number of hydrogen-bond acceptors (Lipinski definition) is 3. The summed E-state index contributed by atoms with van der Waals surface area (Å²) in [6.07, 6.45) is 2.48. The van der Waals surface area contributed by atoms with Crippen LogP contribution < -0.4 is 4.72 Å². The van der Waals surface area contributed by atoms with Crippen LogP contribution >= 0.6 is 11.6 Å². The van der Waals surface area contributed by atoms with Gasteiger partial charge in [-0.1, -0.05) is 17.7 Å². The zero-order valence-electron chi connectivity index (χ0n) is 9.89. The number of halogens is 2. The largest absolute Gasteiger partial charge is 0.277 e. The van der Waals surface area contributed by atoms with E-state index in [9.17, 15) is 12.8 Å². The topological polar surface area (TPSA) is 59.1 Å². The fourth-order valence-electron chi connectivity index (χ4n) is 1.48. The highest BCUT2D eigenvalue weighted by molar-refractivity contribution is 7.92. The SMILES string of the molecule is Cc1ccc(F)c(NS(=O)(=O)c2cnccc2Cl)c1. The molecule has 7 heteroatoms. The average Bonchev–Trinajstić information content (AvgIpc) is 2.34. The van der Waals surface area contributed by atoms with E-state index in [0.717, 1.165) is 11.8 Å². The minimum Gasteiger partial charge on any atom is -0.277 e. The lowest BCUT2D eigenvalue weighted by Gasteiger charge is -2.10. The summed E-state index contributed by atoms with van der Waals surface area (Å²) >= 11 is 5.79. The summed E-state index contributed by atoms with van der Waals surface area (Å²) in [5.74, 6) is -0.658. The van der Waals surface area contributed by atoms with E-state index in [2.05, 4.69) is 9.71 Å². The molecule has 0 spiro atoms. The monoisotopic (exact) mass is 300 g/mol. The van der Waals surface area contributed by atoms with Crippen LogP contribution in [0.5, 0.6) is 0 Å². The molecule has 1 aromatic heterocycles. The Bertz CT molecular complexity index is 719. The maximum Gasteiger partial charge on any atom is 0.265 e. The van der Waals surface area contributed by atoms with E-state index >= 15 is 0 Å². The van der Waals surface area contributed by atoms with Crippen molar-refractivity contribution in [2.45, 2.75) is 11.8 Å². The number of benzene rings is 1. The predicted octanol–water partition coefficient (Wildman–Crippen LogP) is 2.98. The summed E-state index contributed by atoms with van der Waals surface area (Å²) in [6.45, 7) is 1.73. The van der Waals surface area contributed by atoms with E-state index in [4.69, 9.17) is 11.6 Å². The molecule has 0 unspecified atom stereocenters. The number of sulfonamides is 1. The molecular weight excluding hydrogens is 291 g/mol. The average molecular weight is 301 g/mol. The summed E-state index contributed by atoms with van der Waals surface area (Å²) in [5, 5.41) is 0.0237. The van der Waals surface area contributed by atoms with Crippen LogP contribution in [0.15, 0.2) is 41.6 Å². The Morgan fingerprint density at radius 3 is 2.74 bits per heavy atom. The van der Waals surface area contributed by atoms with Gasteiger partial charge in [0.05, 0.1) is 10.7 Å². The van der Waals surface area contributed by atoms with Crippen LogP contribution in [0.2, 0.25) is 5.02 Å². The molecule has 0 aliphatic rings. The molecule has 0 radical (unpaired) electrons. The van der Waals surface area contributed by atoms with Gasteiger partial charge in [0.1, 0.15) is 10.7 Å². The second-order valence-corrected chi connectivity index (χ2v) is 5.95. The van der Waals surface area contributed by atoms with Crippen molar-refractivity contribution >= 4 is 27.3 Å². The van der Waals surface area contributed by atoms with E-state index in [-0.39, 0.29) is 15.6 Å². The van der Waals surface area contributed by atoms with Crippen molar-refractivity contribution < 1.29 is 12.8 Å². The van der Waals surface area contributed by atoms with Crippen LogP contribution in [0, 0.1) is 12.7 Å². The van der Waals surface area contributed by atoms with Crippen molar-refractivity contribution in [3.05, 3.63) is 53.1 Å². The minimum atomic E-state index is -3.97. The van der Waals surface area contributed by atoms with Crippen LogP contribution in [-0.2, 0) is 10.0 Å². The highest BCUT2D eigenvalue weighted by atomic mass is 35.5. The molecule has 0 atom stereocenters. The molecule has 0 saturated carbocycles. The first-order valence-corrected chi connectivity index (χ1v) is 7.15. The standard InChI is InChI=1S/C12H10ClFN2O2S/c1-8-2-3-10(14)11(6-8)16-19(17,18)12-7-15-5-4-9(12)13/h2-7,16H,1H3. The van der Waals surface area contributed by atoms with Gasteiger partial charge >= 0.3 is 0 Å². The highest BCUT2D eigenvalue weighted by Crippen LogP contribution is 2.24. The second-order valence-electron chi connectivity index (χ2n) is 3.89. The highest BCUT2D eigenvalue weighted by Gasteiger charge is 2.19. The first-order chi connectivity index (χ1) is 8.90. The van der Waals surface area contributed by atoms with Crippen LogP contribution in [-0.4, -0.2) is 13.4 Å². The first-order valence-electron chi connectivity index (χ1n) is 5.28. The Morgan fingerprint density at radius 1 is 1.32 bits per heavy atom. The van der Waals surface area contributed by atoms with Gasteiger partial charge in [0, 0.05) is 12.4 Å². The van der Waals surface area contributed by atoms with Gasteiger partial charge in [0.15, 0.2) is 0 Å². The molecule has 1 N–H and O–H groups in total. The Kier molecular flexibility index (Phi) is 3.73. The zero-order valence-corrected chi connectivity index (χ0v) is 11.5. The molecule has 19 heavy (non-hydrogen) atoms. The summed E-state index contributed by atoms with van der Waals surface area (Å²) in [4.78, 5) is 3.50. The summed E-state index contributed by atoms with van der Waals surface area (Å²) in [7, 11) is -3.97. The number of nitrogens with one attached hydrogen (secondary N) is 1. The van der Waals surface area contributed by atoms with Crippen molar-refractivity contribution in [2.75, 3.05) is 4.72 Å². The van der Waals surface area contributed by atoms with Crippen LogP contribution in [0.3, 0.4) is 0 Å². The van der Waals surface area contributed by atoms with E-state index in [1.807, 2.05) is 0 Å². The zero-order chi connectivity index (χ0) is 14.0. The Morgan fingerprint density at radius 2 is 2.05 bits per heavy atom. The lowest BCUT2D eigenvalue weighted by atomic mass is 10.2. The van der Waals surface area contributed by atoms with Crippen molar-refractivity contribution in [3.8, 4) is 0 Å². The van der Waals surface area contributed by atoms with Gasteiger partial charge in [-0.25, -0.2) is 12.8 Å². The Labute approximate surface area is 115 Å². The fourth-order valence-corrected chi connectivity index (χ4v) is 2.97. The minimum absolute atomic E-state index is 0.0237. The third-order valence-corrected chi connectivity index (χ3v) is 4.22. The van der Waals surface area contributed by atoms with Gasteiger partial charge in [-0.15, -0.1) is 0 Å². The molecule has 4 nitrogen and oxygen atoms in total. The molecule has 0 amide bonds. The molecule has 2 aromatic rings. The third-order valence-electron chi connectivity index (χ3n) is 2.39. The predicted molar refractivity (Wildman–Crippen MR) is 71.2 cm³/mol. The molecular formula is C12H10ClFN2O2S. The van der Waals surface area contributed by atoms with Gasteiger partial charge in [0.2, 0.25) is 0 Å². The molecule has 0 aliphatic heterocycles. The van der Waals surface area contributed by atoms with Crippen molar-refractivity contribution in [3.63, 3.8) is 0 Å². The molecule has 0 aliphatic carbocycles. The van der Waals surface area contributed by atoms with Crippen molar-refractivity contribution in [1.82, 2.24) is 4.98 Å². The van der Waals surface area contributed by atoms with Crippen molar-refractivity contribution in [1.29, 1.82) is 0 Å². The summed E-state index contributed by atoms with van der Waals surface area (Å²) < 4.78 is 39.9. The lowest BCUT2D eigenvalue weighted by Crippen LogP contribution is -2.14.